The van der Waals surface area contributed by atoms with Gasteiger partial charge in [0.25, 0.3) is 0 Å². The van der Waals surface area contributed by atoms with E-state index in [-0.39, 0.29) is 36.7 Å². The van der Waals surface area contributed by atoms with E-state index in [2.05, 4.69) is 13.8 Å². The first-order chi connectivity index (χ1) is 11.5. The molecule has 0 aromatic carbocycles. The van der Waals surface area contributed by atoms with Gasteiger partial charge in [-0.15, -0.1) is 0 Å². The van der Waals surface area contributed by atoms with E-state index in [9.17, 15) is 19.8 Å². The Morgan fingerprint density at radius 2 is 0.760 bits per heavy atom. The fraction of sp³-hybridized carbons (Fsp3) is 0.900. The van der Waals surface area contributed by atoms with Crippen LogP contribution < -0.4 is 10.2 Å². The average Bonchev–Trinajstić information content (AvgIpc) is 2.53. The topological polar surface area (TPSA) is 80.3 Å². The molecule has 0 fully saturated rings. The molecular formula is C20H38O4Sn. The number of hydrogen-bond donors (Lipinski definition) is 0. The van der Waals surface area contributed by atoms with Crippen molar-refractivity contribution in [2.75, 3.05) is 0 Å². The number of rotatable bonds is 16. The summed E-state index contributed by atoms with van der Waals surface area (Å²) in [5, 5.41) is 20.0. The quantitative estimate of drug-likeness (QED) is 0.261. The molecule has 2 radical (unpaired) electrons. The molecule has 5 heteroatoms. The molecule has 146 valence electrons. The Labute approximate surface area is 172 Å². The van der Waals surface area contributed by atoms with Crippen LogP contribution in [0.5, 0.6) is 0 Å². The number of carboxylic acids is 2. The van der Waals surface area contributed by atoms with Crippen LogP contribution >= 0.6 is 0 Å². The molecule has 4 nitrogen and oxygen atoms in total. The summed E-state index contributed by atoms with van der Waals surface area (Å²) in [4.78, 5) is 20.0. The second-order valence-corrected chi connectivity index (χ2v) is 6.49. The maximum absolute atomic E-state index is 10.0. The zero-order chi connectivity index (χ0) is 18.5. The van der Waals surface area contributed by atoms with Gasteiger partial charge in [0.15, 0.2) is 0 Å². The van der Waals surface area contributed by atoms with Crippen LogP contribution in [0.1, 0.15) is 117 Å². The van der Waals surface area contributed by atoms with E-state index in [1.165, 1.54) is 64.2 Å². The molecule has 0 aromatic rings. The minimum Gasteiger partial charge on any atom is -0.550 e. The zero-order valence-corrected chi connectivity index (χ0v) is 19.3. The summed E-state index contributed by atoms with van der Waals surface area (Å²) in [5.74, 6) is -1.83. The smallest absolute Gasteiger partial charge is 0.550 e. The van der Waals surface area contributed by atoms with Gasteiger partial charge < -0.3 is 19.8 Å². The number of carbonyl (C=O) groups excluding carboxylic acids is 2. The molecule has 0 aliphatic rings. The SMILES string of the molecule is CCCCCCCCCC(=O)[O-].CCCCCCCCCC(=O)[O-].[Sn+2]. The molecule has 0 saturated heterocycles. The van der Waals surface area contributed by atoms with Crippen LogP contribution in [0.3, 0.4) is 0 Å². The summed E-state index contributed by atoms with van der Waals surface area (Å²) >= 11 is 0. The maximum atomic E-state index is 10.0. The van der Waals surface area contributed by atoms with Crippen molar-refractivity contribution in [3.8, 4) is 0 Å². The van der Waals surface area contributed by atoms with E-state index in [0.717, 1.165) is 25.7 Å². The molecule has 25 heavy (non-hydrogen) atoms. The van der Waals surface area contributed by atoms with E-state index in [1.54, 1.807) is 0 Å². The Hall–Kier alpha value is -0.261. The van der Waals surface area contributed by atoms with E-state index in [0.29, 0.717) is 0 Å². The third-order valence-corrected chi connectivity index (χ3v) is 3.97. The summed E-state index contributed by atoms with van der Waals surface area (Å²) in [6.07, 6.45) is 16.7. The molecule has 0 rings (SSSR count). The first kappa shape index (κ1) is 29.5. The summed E-state index contributed by atoms with van der Waals surface area (Å²) in [5.41, 5.74) is 0. The minimum absolute atomic E-state index is 0. The van der Waals surface area contributed by atoms with Crippen LogP contribution in [-0.2, 0) is 9.59 Å². The second kappa shape index (κ2) is 26.0. The molecule has 0 N–H and O–H groups in total. The van der Waals surface area contributed by atoms with Crippen LogP contribution in [0.2, 0.25) is 0 Å². The first-order valence-corrected chi connectivity index (χ1v) is 9.94. The van der Waals surface area contributed by atoms with Gasteiger partial charge in [0.05, 0.1) is 0 Å². The third kappa shape index (κ3) is 35.7. The Morgan fingerprint density at radius 1 is 0.520 bits per heavy atom. The van der Waals surface area contributed by atoms with Crippen LogP contribution in [0.25, 0.3) is 0 Å². The van der Waals surface area contributed by atoms with Gasteiger partial charge in [-0.05, 0) is 25.7 Å². The predicted molar refractivity (Wildman–Crippen MR) is 101 cm³/mol. The molecule has 0 bridgehead atoms. The van der Waals surface area contributed by atoms with Gasteiger partial charge in [-0.25, -0.2) is 0 Å². The van der Waals surface area contributed by atoms with Crippen LogP contribution in [0.15, 0.2) is 0 Å². The molecule has 0 unspecified atom stereocenters. The van der Waals surface area contributed by atoms with Gasteiger partial charge in [0.1, 0.15) is 0 Å². The van der Waals surface area contributed by atoms with Crippen molar-refractivity contribution >= 4 is 35.8 Å². The van der Waals surface area contributed by atoms with Crippen molar-refractivity contribution in [1.82, 2.24) is 0 Å². The summed E-state index contributed by atoms with van der Waals surface area (Å²) in [7, 11) is 0. The predicted octanol–water partition coefficient (Wildman–Crippen LogP) is 3.37. The van der Waals surface area contributed by atoms with Crippen LogP contribution in [0, 0.1) is 0 Å². The average molecular weight is 461 g/mol. The number of hydrogen-bond acceptors (Lipinski definition) is 4. The molecule has 0 spiro atoms. The van der Waals surface area contributed by atoms with Crippen molar-refractivity contribution in [3.05, 3.63) is 0 Å². The van der Waals surface area contributed by atoms with E-state index in [1.807, 2.05) is 0 Å². The van der Waals surface area contributed by atoms with Crippen molar-refractivity contribution in [1.29, 1.82) is 0 Å². The van der Waals surface area contributed by atoms with Crippen molar-refractivity contribution in [3.63, 3.8) is 0 Å². The number of aliphatic carboxylic acids is 2. The van der Waals surface area contributed by atoms with Crippen molar-refractivity contribution in [2.45, 2.75) is 117 Å². The van der Waals surface area contributed by atoms with Gasteiger partial charge in [-0.1, -0.05) is 90.9 Å². The van der Waals surface area contributed by atoms with Crippen molar-refractivity contribution in [2.24, 2.45) is 0 Å². The summed E-state index contributed by atoms with van der Waals surface area (Å²) < 4.78 is 0. The molecule has 0 aliphatic heterocycles. The van der Waals surface area contributed by atoms with E-state index in [4.69, 9.17) is 0 Å². The molecule has 0 amide bonds. The number of carboxylic acid groups (broad SMARTS) is 2. The van der Waals surface area contributed by atoms with Gasteiger partial charge in [-0.2, -0.15) is 0 Å². The van der Waals surface area contributed by atoms with Gasteiger partial charge in [0.2, 0.25) is 0 Å². The largest absolute Gasteiger partial charge is 2.00 e. The zero-order valence-electron chi connectivity index (χ0n) is 16.4. The third-order valence-electron chi connectivity index (χ3n) is 3.97. The second-order valence-electron chi connectivity index (χ2n) is 6.49. The fourth-order valence-corrected chi connectivity index (χ4v) is 2.45. The van der Waals surface area contributed by atoms with E-state index < -0.39 is 11.9 Å². The molecular weight excluding hydrogens is 423 g/mol. The number of carbonyl (C=O) groups is 2. The summed E-state index contributed by atoms with van der Waals surface area (Å²) in [6.45, 7) is 4.38. The first-order valence-electron chi connectivity index (χ1n) is 9.94. The minimum atomic E-state index is -0.913. The molecule has 0 aromatic heterocycles. The molecule has 0 aliphatic carbocycles. The van der Waals surface area contributed by atoms with Gasteiger partial charge in [0, 0.05) is 11.9 Å². The molecule has 0 saturated carbocycles. The fourth-order valence-electron chi connectivity index (χ4n) is 2.45. The monoisotopic (exact) mass is 462 g/mol. The maximum Gasteiger partial charge on any atom is 2.00 e. The van der Waals surface area contributed by atoms with Crippen LogP contribution in [-0.4, -0.2) is 35.8 Å². The molecule has 0 atom stereocenters. The van der Waals surface area contributed by atoms with Crippen LogP contribution in [0.4, 0.5) is 0 Å². The Balaban J connectivity index is -0.000000372. The molecule has 0 heterocycles. The Bertz CT molecular complexity index is 255. The Kier molecular flexibility index (Phi) is 30.6. The van der Waals surface area contributed by atoms with Crippen molar-refractivity contribution < 1.29 is 19.8 Å². The van der Waals surface area contributed by atoms with Gasteiger partial charge >= 0.3 is 23.9 Å². The normalized spacial score (nSPS) is 9.68. The standard InChI is InChI=1S/2C10H20O2.Sn/c2*1-2-3-4-5-6-7-8-9-10(11)12;/h2*2-9H2,1H3,(H,11,12);/q;;+2/p-2. The van der Waals surface area contributed by atoms with E-state index >= 15 is 0 Å². The summed E-state index contributed by atoms with van der Waals surface area (Å²) in [6, 6.07) is 0. The number of unbranched alkanes of at least 4 members (excludes halogenated alkanes) is 12. The van der Waals surface area contributed by atoms with Gasteiger partial charge in [-0.3, -0.25) is 0 Å². The Morgan fingerprint density at radius 3 is 1.00 bits per heavy atom.